The van der Waals surface area contributed by atoms with Crippen LogP contribution in [-0.2, 0) is 16.0 Å². The number of ether oxygens (including phenoxy) is 1. The van der Waals surface area contributed by atoms with Crippen molar-refractivity contribution in [2.45, 2.75) is 32.7 Å². The van der Waals surface area contributed by atoms with E-state index in [-0.39, 0.29) is 12.0 Å². The fraction of sp³-hybridized carbons (Fsp3) is 0.364. The smallest absolute Gasteiger partial charge is 0.326 e. The van der Waals surface area contributed by atoms with Gasteiger partial charge in [-0.05, 0) is 43.4 Å². The zero-order chi connectivity index (χ0) is 23.3. The molecular weight excluding hydrogens is 452 g/mol. The summed E-state index contributed by atoms with van der Waals surface area (Å²) < 4.78 is 11.3. The van der Waals surface area contributed by atoms with Crippen molar-refractivity contribution >= 4 is 45.9 Å². The van der Waals surface area contributed by atoms with E-state index >= 15 is 0 Å². The molecule has 0 aliphatic heterocycles. The predicted octanol–water partition coefficient (Wildman–Crippen LogP) is 3.49. The lowest BCUT2D eigenvalue weighted by atomic mass is 10.1. The predicted molar refractivity (Wildman–Crippen MR) is 126 cm³/mol. The highest BCUT2D eigenvalue weighted by Crippen LogP contribution is 2.28. The Morgan fingerprint density at radius 1 is 1.38 bits per heavy atom. The average Bonchev–Trinajstić information content (AvgIpc) is 3.20. The van der Waals surface area contributed by atoms with Crippen LogP contribution in [0.3, 0.4) is 0 Å². The zero-order valence-electron chi connectivity index (χ0n) is 18.0. The molecule has 0 saturated carbocycles. The van der Waals surface area contributed by atoms with Crippen LogP contribution >= 0.6 is 23.1 Å². The summed E-state index contributed by atoms with van der Waals surface area (Å²) >= 11 is 2.89. The average molecular weight is 477 g/mol. The molecule has 0 bridgehead atoms. The lowest BCUT2D eigenvalue weighted by Gasteiger charge is -2.15. The lowest BCUT2D eigenvalue weighted by Crippen LogP contribution is -2.43. The number of hydrogen-bond donors (Lipinski definition) is 2. The molecule has 2 heterocycles. The van der Waals surface area contributed by atoms with Gasteiger partial charge in [0.2, 0.25) is 5.43 Å². The van der Waals surface area contributed by atoms with Crippen molar-refractivity contribution in [2.75, 3.05) is 18.6 Å². The highest BCUT2D eigenvalue weighted by molar-refractivity contribution is 7.98. The summed E-state index contributed by atoms with van der Waals surface area (Å²) in [7, 11) is 0. The summed E-state index contributed by atoms with van der Waals surface area (Å²) in [4.78, 5) is 40.9. The lowest BCUT2D eigenvalue weighted by molar-refractivity contribution is -0.142. The number of amides is 1. The maximum Gasteiger partial charge on any atom is 0.326 e. The summed E-state index contributed by atoms with van der Waals surface area (Å²) in [5.41, 5.74) is 2.12. The number of thiazole rings is 1. The Kier molecular flexibility index (Phi) is 7.92. The van der Waals surface area contributed by atoms with E-state index in [9.17, 15) is 19.5 Å². The van der Waals surface area contributed by atoms with E-state index in [4.69, 9.17) is 9.15 Å². The molecule has 0 aliphatic rings. The molecule has 0 fully saturated rings. The van der Waals surface area contributed by atoms with Gasteiger partial charge in [0.05, 0.1) is 10.9 Å². The van der Waals surface area contributed by atoms with Crippen molar-refractivity contribution in [3.8, 4) is 16.3 Å². The number of aryl methyl sites for hydroxylation is 2. The van der Waals surface area contributed by atoms with Gasteiger partial charge in [0, 0.05) is 17.1 Å². The first-order valence-corrected chi connectivity index (χ1v) is 12.3. The molecule has 3 aromatic rings. The van der Waals surface area contributed by atoms with Crippen LogP contribution < -0.4 is 15.5 Å². The Morgan fingerprint density at radius 3 is 2.78 bits per heavy atom. The van der Waals surface area contributed by atoms with Crippen LogP contribution in [0.2, 0.25) is 0 Å². The monoisotopic (exact) mass is 476 g/mol. The fourth-order valence-electron chi connectivity index (χ4n) is 3.11. The Bertz CT molecular complexity index is 1190. The standard InChI is InChI=1S/C22H24N2O6S2/c1-4-13-7-14-18(29-9-15(20(14)26)21-23-12(2)11-32-21)8-17(13)30-10-19(25)24-16(22(27)28)5-6-31-3/h7-9,11,16H,4-6,10H2,1-3H3,(H,24,25)(H,27,28)/t16-/m1/s1. The first-order chi connectivity index (χ1) is 15.3. The van der Waals surface area contributed by atoms with Crippen molar-refractivity contribution in [3.05, 3.63) is 45.3 Å². The van der Waals surface area contributed by atoms with Gasteiger partial charge in [0.15, 0.2) is 6.61 Å². The number of aliphatic carboxylic acids is 1. The second-order valence-electron chi connectivity index (χ2n) is 7.11. The molecule has 0 aliphatic carbocycles. The van der Waals surface area contributed by atoms with Crippen molar-refractivity contribution < 1.29 is 23.8 Å². The molecule has 0 saturated heterocycles. The van der Waals surface area contributed by atoms with Gasteiger partial charge in [0.25, 0.3) is 5.91 Å². The van der Waals surface area contributed by atoms with Gasteiger partial charge in [0.1, 0.15) is 28.6 Å². The minimum absolute atomic E-state index is 0.183. The van der Waals surface area contributed by atoms with E-state index in [1.54, 1.807) is 12.1 Å². The molecule has 0 unspecified atom stereocenters. The second kappa shape index (κ2) is 10.6. The largest absolute Gasteiger partial charge is 0.483 e. The summed E-state index contributed by atoms with van der Waals surface area (Å²) in [6.45, 7) is 3.42. The van der Waals surface area contributed by atoms with Gasteiger partial charge < -0.3 is 19.6 Å². The van der Waals surface area contributed by atoms with E-state index in [1.165, 1.54) is 29.4 Å². The molecule has 2 N–H and O–H groups in total. The van der Waals surface area contributed by atoms with Gasteiger partial charge in [-0.25, -0.2) is 9.78 Å². The van der Waals surface area contributed by atoms with Crippen LogP contribution in [0.1, 0.15) is 24.6 Å². The fourth-order valence-corrected chi connectivity index (χ4v) is 4.38. The van der Waals surface area contributed by atoms with E-state index in [0.29, 0.717) is 45.9 Å². The van der Waals surface area contributed by atoms with Gasteiger partial charge >= 0.3 is 5.97 Å². The molecule has 3 rings (SSSR count). The number of benzene rings is 1. The number of carboxylic acids is 1. The molecule has 32 heavy (non-hydrogen) atoms. The van der Waals surface area contributed by atoms with Gasteiger partial charge in [-0.3, -0.25) is 9.59 Å². The Morgan fingerprint density at radius 2 is 2.16 bits per heavy atom. The zero-order valence-corrected chi connectivity index (χ0v) is 19.6. The van der Waals surface area contributed by atoms with Crippen LogP contribution in [0.15, 0.2) is 33.0 Å². The van der Waals surface area contributed by atoms with Crippen molar-refractivity contribution in [2.24, 2.45) is 0 Å². The minimum Gasteiger partial charge on any atom is -0.483 e. The number of thioether (sulfide) groups is 1. The second-order valence-corrected chi connectivity index (χ2v) is 8.95. The van der Waals surface area contributed by atoms with Crippen LogP contribution in [-0.4, -0.2) is 46.6 Å². The topological polar surface area (TPSA) is 119 Å². The normalized spacial score (nSPS) is 12.0. The Hall–Kier alpha value is -2.85. The van der Waals surface area contributed by atoms with Gasteiger partial charge in [-0.2, -0.15) is 11.8 Å². The highest BCUT2D eigenvalue weighted by Gasteiger charge is 2.20. The third-order valence-electron chi connectivity index (χ3n) is 4.79. The van der Waals surface area contributed by atoms with E-state index in [2.05, 4.69) is 10.3 Å². The van der Waals surface area contributed by atoms with E-state index in [0.717, 1.165) is 11.3 Å². The molecule has 170 valence electrons. The summed E-state index contributed by atoms with van der Waals surface area (Å²) in [5, 5.41) is 14.6. The SMILES string of the molecule is CCc1cc2c(=O)c(-c3nc(C)cs3)coc2cc1OCC(=O)N[C@H](CCSC)C(=O)O. The van der Waals surface area contributed by atoms with Crippen molar-refractivity contribution in [3.63, 3.8) is 0 Å². The van der Waals surface area contributed by atoms with E-state index in [1.807, 2.05) is 25.5 Å². The Labute approximate surface area is 193 Å². The maximum absolute atomic E-state index is 13.0. The van der Waals surface area contributed by atoms with Crippen molar-refractivity contribution in [1.82, 2.24) is 10.3 Å². The first kappa shape index (κ1) is 23.8. The molecule has 1 amide bonds. The van der Waals surface area contributed by atoms with Crippen LogP contribution in [0, 0.1) is 6.92 Å². The highest BCUT2D eigenvalue weighted by atomic mass is 32.2. The van der Waals surface area contributed by atoms with Gasteiger partial charge in [-0.1, -0.05) is 6.92 Å². The first-order valence-electron chi connectivity index (χ1n) is 9.98. The van der Waals surface area contributed by atoms with Crippen molar-refractivity contribution in [1.29, 1.82) is 0 Å². The summed E-state index contributed by atoms with van der Waals surface area (Å²) in [6, 6.07) is 2.32. The molecule has 1 aromatic carbocycles. The number of hydrogen-bond acceptors (Lipinski definition) is 8. The molecule has 1 atom stereocenters. The summed E-state index contributed by atoms with van der Waals surface area (Å²) in [6.07, 6.45) is 4.15. The number of carbonyl (C=O) groups is 2. The molecule has 8 nitrogen and oxygen atoms in total. The van der Waals surface area contributed by atoms with Crippen LogP contribution in [0.4, 0.5) is 0 Å². The van der Waals surface area contributed by atoms with Crippen LogP contribution in [0.5, 0.6) is 5.75 Å². The minimum atomic E-state index is -1.08. The number of rotatable bonds is 10. The maximum atomic E-state index is 13.0. The number of aromatic nitrogens is 1. The quantitative estimate of drug-likeness (QED) is 0.456. The van der Waals surface area contributed by atoms with Crippen LogP contribution in [0.25, 0.3) is 21.5 Å². The number of nitrogens with zero attached hydrogens (tertiary/aromatic N) is 1. The van der Waals surface area contributed by atoms with Gasteiger partial charge in [-0.15, -0.1) is 11.3 Å². The number of fused-ring (bicyclic) bond motifs is 1. The van der Waals surface area contributed by atoms with E-state index < -0.39 is 17.9 Å². The number of nitrogens with one attached hydrogen (secondary N) is 1. The number of carbonyl (C=O) groups excluding carboxylic acids is 1. The molecule has 2 aromatic heterocycles. The molecular formula is C22H24N2O6S2. The molecule has 10 heteroatoms. The summed E-state index contributed by atoms with van der Waals surface area (Å²) in [5.74, 6) is -0.589. The molecule has 0 spiro atoms. The third kappa shape index (κ3) is 5.49. The number of carboxylic acid groups (broad SMARTS) is 1. The third-order valence-corrected chi connectivity index (χ3v) is 6.43. The Balaban J connectivity index is 1.81. The molecule has 0 radical (unpaired) electrons.